The summed E-state index contributed by atoms with van der Waals surface area (Å²) in [7, 11) is -3.48. The predicted molar refractivity (Wildman–Crippen MR) is 66.5 cm³/mol. The van der Waals surface area contributed by atoms with Gasteiger partial charge in [-0.15, -0.1) is 0 Å². The second-order valence-corrected chi connectivity index (χ2v) is 6.92. The van der Waals surface area contributed by atoms with Crippen LogP contribution in [0.4, 0.5) is 0 Å². The van der Waals surface area contributed by atoms with Crippen molar-refractivity contribution in [2.75, 3.05) is 25.9 Å². The first kappa shape index (κ1) is 14.9. The number of carbonyl (C=O) groups excluding carboxylic acids is 2. The van der Waals surface area contributed by atoms with Crippen LogP contribution in [0.25, 0.3) is 0 Å². The molecular formula is C10H19N3O4S. The third kappa shape index (κ3) is 3.67. The van der Waals surface area contributed by atoms with E-state index in [4.69, 9.17) is 5.73 Å². The van der Waals surface area contributed by atoms with Crippen molar-refractivity contribution in [2.24, 2.45) is 5.73 Å². The molecule has 0 aromatic heterocycles. The van der Waals surface area contributed by atoms with Crippen LogP contribution < -0.4 is 11.1 Å². The van der Waals surface area contributed by atoms with Crippen molar-refractivity contribution >= 4 is 21.7 Å². The average Bonchev–Trinajstić information content (AvgIpc) is 2.75. The Bertz CT molecular complexity index is 428. The lowest BCUT2D eigenvalue weighted by Gasteiger charge is -2.29. The summed E-state index contributed by atoms with van der Waals surface area (Å²) in [4.78, 5) is 24.4. The van der Waals surface area contributed by atoms with Gasteiger partial charge in [0, 0.05) is 18.8 Å². The minimum atomic E-state index is -3.48. The molecule has 1 heterocycles. The lowest BCUT2D eigenvalue weighted by Crippen LogP contribution is -2.50. The largest absolute Gasteiger partial charge is 0.368 e. The summed E-state index contributed by atoms with van der Waals surface area (Å²) in [6.45, 7) is 2.37. The topological polar surface area (TPSA) is 110 Å². The molecule has 1 aliphatic heterocycles. The highest BCUT2D eigenvalue weighted by molar-refractivity contribution is 7.92. The standard InChI is InChI=1S/C10H19N3O4S/c1-7(18(2,16)17)10(15)13(6-9(11)14)8-3-4-12-5-8/h7-8,12H,3-6H2,1-2H3,(H2,11,14). The van der Waals surface area contributed by atoms with Crippen molar-refractivity contribution < 1.29 is 18.0 Å². The molecule has 3 N–H and O–H groups in total. The summed E-state index contributed by atoms with van der Waals surface area (Å²) in [6, 6.07) is -0.172. The van der Waals surface area contributed by atoms with E-state index in [2.05, 4.69) is 5.32 Å². The number of hydrogen-bond acceptors (Lipinski definition) is 5. The van der Waals surface area contributed by atoms with Gasteiger partial charge < -0.3 is 16.0 Å². The minimum Gasteiger partial charge on any atom is -0.368 e. The van der Waals surface area contributed by atoms with E-state index in [1.54, 1.807) is 0 Å². The normalized spacial score (nSPS) is 21.6. The summed E-state index contributed by atoms with van der Waals surface area (Å²) >= 11 is 0. The molecule has 0 aromatic rings. The van der Waals surface area contributed by atoms with Crippen LogP contribution >= 0.6 is 0 Å². The number of sulfone groups is 1. The molecule has 1 rings (SSSR count). The van der Waals surface area contributed by atoms with Gasteiger partial charge in [0.1, 0.15) is 5.25 Å². The van der Waals surface area contributed by atoms with E-state index >= 15 is 0 Å². The highest BCUT2D eigenvalue weighted by Crippen LogP contribution is 2.12. The smallest absolute Gasteiger partial charge is 0.241 e. The first-order valence-corrected chi connectivity index (χ1v) is 7.67. The molecule has 0 saturated carbocycles. The number of amides is 2. The van der Waals surface area contributed by atoms with Crippen LogP contribution in [0.5, 0.6) is 0 Å². The highest BCUT2D eigenvalue weighted by Gasteiger charge is 2.34. The summed E-state index contributed by atoms with van der Waals surface area (Å²) in [5.41, 5.74) is 5.11. The first-order valence-electron chi connectivity index (χ1n) is 5.72. The van der Waals surface area contributed by atoms with Gasteiger partial charge in [0.25, 0.3) is 0 Å². The fourth-order valence-electron chi connectivity index (χ4n) is 1.88. The van der Waals surface area contributed by atoms with E-state index in [1.807, 2.05) is 0 Å². The maximum absolute atomic E-state index is 12.1. The van der Waals surface area contributed by atoms with Crippen LogP contribution in [0.2, 0.25) is 0 Å². The zero-order valence-corrected chi connectivity index (χ0v) is 11.4. The molecule has 2 amide bonds. The third-order valence-electron chi connectivity index (χ3n) is 3.07. The number of nitrogens with one attached hydrogen (secondary N) is 1. The Morgan fingerprint density at radius 2 is 2.11 bits per heavy atom. The Kier molecular flexibility index (Phi) is 4.69. The molecule has 0 aliphatic carbocycles. The fraction of sp³-hybridized carbons (Fsp3) is 0.800. The number of carbonyl (C=O) groups is 2. The monoisotopic (exact) mass is 277 g/mol. The number of nitrogens with two attached hydrogens (primary N) is 1. The first-order chi connectivity index (χ1) is 8.23. The van der Waals surface area contributed by atoms with Gasteiger partial charge >= 0.3 is 0 Å². The van der Waals surface area contributed by atoms with Gasteiger partial charge in [-0.2, -0.15) is 0 Å². The van der Waals surface area contributed by atoms with E-state index in [0.29, 0.717) is 13.0 Å². The van der Waals surface area contributed by atoms with E-state index in [-0.39, 0.29) is 12.6 Å². The Morgan fingerprint density at radius 1 is 1.50 bits per heavy atom. The molecule has 104 valence electrons. The Morgan fingerprint density at radius 3 is 2.50 bits per heavy atom. The number of primary amides is 1. The maximum Gasteiger partial charge on any atom is 0.241 e. The van der Waals surface area contributed by atoms with Gasteiger partial charge in [0.2, 0.25) is 11.8 Å². The molecule has 8 heteroatoms. The molecular weight excluding hydrogens is 258 g/mol. The molecule has 0 bridgehead atoms. The van der Waals surface area contributed by atoms with Crippen molar-refractivity contribution in [1.82, 2.24) is 10.2 Å². The molecule has 0 aromatic carbocycles. The lowest BCUT2D eigenvalue weighted by molar-refractivity contribution is -0.136. The lowest BCUT2D eigenvalue weighted by atomic mass is 10.2. The summed E-state index contributed by atoms with van der Waals surface area (Å²) in [6.07, 6.45) is 1.69. The molecule has 1 saturated heterocycles. The van der Waals surface area contributed by atoms with Gasteiger partial charge in [0.15, 0.2) is 9.84 Å². The summed E-state index contributed by atoms with van der Waals surface area (Å²) in [5, 5.41) is 1.91. The maximum atomic E-state index is 12.1. The molecule has 2 atom stereocenters. The zero-order valence-electron chi connectivity index (χ0n) is 10.5. The van der Waals surface area contributed by atoms with Crippen LogP contribution in [0, 0.1) is 0 Å². The molecule has 0 spiro atoms. The van der Waals surface area contributed by atoms with Crippen LogP contribution in [-0.4, -0.2) is 62.3 Å². The SMILES string of the molecule is CC(C(=O)N(CC(N)=O)C1CCNC1)S(C)(=O)=O. The van der Waals surface area contributed by atoms with Crippen LogP contribution in [0.15, 0.2) is 0 Å². The molecule has 18 heavy (non-hydrogen) atoms. The van der Waals surface area contributed by atoms with Crippen molar-refractivity contribution in [3.05, 3.63) is 0 Å². The van der Waals surface area contributed by atoms with Crippen molar-refractivity contribution in [3.8, 4) is 0 Å². The van der Waals surface area contributed by atoms with Gasteiger partial charge in [-0.25, -0.2) is 8.42 Å². The Hall–Kier alpha value is -1.15. The second-order valence-electron chi connectivity index (χ2n) is 4.55. The van der Waals surface area contributed by atoms with Crippen molar-refractivity contribution in [2.45, 2.75) is 24.6 Å². The highest BCUT2D eigenvalue weighted by atomic mass is 32.2. The predicted octanol–water partition coefficient (Wildman–Crippen LogP) is -1.90. The minimum absolute atomic E-state index is 0.172. The zero-order chi connectivity index (χ0) is 13.9. The van der Waals surface area contributed by atoms with Crippen LogP contribution in [-0.2, 0) is 19.4 Å². The van der Waals surface area contributed by atoms with Crippen molar-refractivity contribution in [3.63, 3.8) is 0 Å². The molecule has 1 fully saturated rings. The summed E-state index contributed by atoms with van der Waals surface area (Å²) in [5.74, 6) is -1.21. The van der Waals surface area contributed by atoms with E-state index in [1.165, 1.54) is 11.8 Å². The van der Waals surface area contributed by atoms with Gasteiger partial charge in [-0.1, -0.05) is 0 Å². The van der Waals surface area contributed by atoms with Crippen molar-refractivity contribution in [1.29, 1.82) is 0 Å². The average molecular weight is 277 g/mol. The second kappa shape index (κ2) is 5.66. The quantitative estimate of drug-likeness (QED) is 0.609. The molecule has 1 aliphatic rings. The fourth-order valence-corrected chi connectivity index (χ4v) is 2.38. The molecule has 7 nitrogen and oxygen atoms in total. The van der Waals surface area contributed by atoms with Gasteiger partial charge in [0.05, 0.1) is 6.54 Å². The van der Waals surface area contributed by atoms with Crippen LogP contribution in [0.3, 0.4) is 0 Å². The molecule has 0 radical (unpaired) electrons. The number of nitrogens with zero attached hydrogens (tertiary/aromatic N) is 1. The third-order valence-corrected chi connectivity index (χ3v) is 4.56. The van der Waals surface area contributed by atoms with E-state index in [9.17, 15) is 18.0 Å². The van der Waals surface area contributed by atoms with E-state index in [0.717, 1.165) is 12.8 Å². The van der Waals surface area contributed by atoms with Gasteiger partial charge in [-0.05, 0) is 19.9 Å². The summed E-state index contributed by atoms with van der Waals surface area (Å²) < 4.78 is 22.8. The van der Waals surface area contributed by atoms with Gasteiger partial charge in [-0.3, -0.25) is 9.59 Å². The Labute approximate surface area is 107 Å². The Balaban J connectivity index is 2.88. The van der Waals surface area contributed by atoms with Crippen LogP contribution in [0.1, 0.15) is 13.3 Å². The van der Waals surface area contributed by atoms with E-state index < -0.39 is 26.9 Å². The number of rotatable bonds is 5. The molecule has 2 unspecified atom stereocenters. The number of hydrogen-bond donors (Lipinski definition) is 2.